The van der Waals surface area contributed by atoms with Gasteiger partial charge in [0.15, 0.2) is 36.0 Å². The second-order valence-electron chi connectivity index (χ2n) is 8.47. The molecule has 23 nitrogen and oxygen atoms in total. The number of nitrogens with two attached hydrogens (primary N) is 1. The molecule has 23 heteroatoms. The van der Waals surface area contributed by atoms with Crippen molar-refractivity contribution < 1.29 is 44.3 Å². The molecular formula is C19H18N10O13. The van der Waals surface area contributed by atoms with Crippen LogP contribution in [0.4, 0.5) is 17.2 Å². The fourth-order valence-corrected chi connectivity index (χ4v) is 4.25. The molecule has 0 saturated carbocycles. The molecule has 3 aromatic rings. The number of nitrogen functional groups attached to an aromatic ring is 1. The molecule has 4 N–H and O–H groups in total. The predicted molar refractivity (Wildman–Crippen MR) is 130 cm³/mol. The van der Waals surface area contributed by atoms with Gasteiger partial charge in [0.2, 0.25) is 0 Å². The van der Waals surface area contributed by atoms with E-state index in [1.807, 2.05) is 0 Å². The lowest BCUT2D eigenvalue weighted by Gasteiger charge is -2.23. The molecule has 0 radical (unpaired) electrons. The number of anilines is 1. The van der Waals surface area contributed by atoms with E-state index in [2.05, 4.69) is 29.9 Å². The number of nitrogens with one attached hydrogen (secondary N) is 1. The van der Waals surface area contributed by atoms with Gasteiger partial charge in [0.1, 0.15) is 17.9 Å². The Labute approximate surface area is 230 Å². The van der Waals surface area contributed by atoms with Crippen LogP contribution < -0.4 is 11.1 Å². The highest BCUT2D eigenvalue weighted by atomic mass is 17.0. The Morgan fingerprint density at radius 3 is 2.40 bits per heavy atom. The molecule has 1 unspecified atom stereocenters. The van der Waals surface area contributed by atoms with Gasteiger partial charge in [-0.2, -0.15) is 0 Å². The Kier molecular flexibility index (Phi) is 8.14. The van der Waals surface area contributed by atoms with Crippen LogP contribution in [0, 0.1) is 40.5 Å². The average molecular weight is 594 g/mol. The van der Waals surface area contributed by atoms with Gasteiger partial charge >= 0.3 is 0 Å². The fraction of sp³-hybridized carbons (Fsp3) is 0.368. The zero-order chi connectivity index (χ0) is 30.7. The number of non-ortho nitro benzene ring substituents is 1. The molecule has 1 aromatic carbocycles. The number of nitro benzene ring substituents is 2. The molecule has 0 bridgehead atoms. The van der Waals surface area contributed by atoms with Crippen LogP contribution in [-0.4, -0.2) is 81.5 Å². The van der Waals surface area contributed by atoms with Gasteiger partial charge in [-0.1, -0.05) is 0 Å². The van der Waals surface area contributed by atoms with Crippen molar-refractivity contribution in [2.75, 3.05) is 12.3 Å². The first-order valence-corrected chi connectivity index (χ1v) is 11.5. The number of amides is 1. The summed E-state index contributed by atoms with van der Waals surface area (Å²) in [6.45, 7) is -0.345. The van der Waals surface area contributed by atoms with Crippen LogP contribution in [0.2, 0.25) is 0 Å². The highest BCUT2D eigenvalue weighted by Crippen LogP contribution is 2.37. The largest absolute Gasteiger partial charge is 0.382 e. The Balaban J connectivity index is 1.56. The number of nitrogens with zero attached hydrogens (tertiary/aromatic N) is 8. The van der Waals surface area contributed by atoms with Crippen LogP contribution in [0.1, 0.15) is 11.8 Å². The van der Waals surface area contributed by atoms with Gasteiger partial charge < -0.3 is 30.6 Å². The molecule has 1 aliphatic rings. The SMILES string of the molecule is Nc1ncnc2c1ncn2[C@@H]1O[C@H](C(O)C(=O)NCCc2ccc([N+](=O)[O-])cc2[N+](=O)[O-])[C@@H](O[N+](=O)[O-])[C@H]1O[N+](=O)[O-]. The summed E-state index contributed by atoms with van der Waals surface area (Å²) in [5.41, 5.74) is 4.65. The summed E-state index contributed by atoms with van der Waals surface area (Å²) in [5.74, 6) is -1.28. The summed E-state index contributed by atoms with van der Waals surface area (Å²) in [6, 6.07) is 2.89. The molecule has 1 aliphatic heterocycles. The first kappa shape index (κ1) is 29.2. The Morgan fingerprint density at radius 1 is 1.07 bits per heavy atom. The minimum absolute atomic E-state index is 0.0137. The topological polar surface area (TPSA) is 319 Å². The summed E-state index contributed by atoms with van der Waals surface area (Å²) in [6.07, 6.45) is -7.94. The second kappa shape index (κ2) is 11.7. The van der Waals surface area contributed by atoms with E-state index in [0.717, 1.165) is 35.4 Å². The van der Waals surface area contributed by atoms with Crippen LogP contribution in [0.15, 0.2) is 30.9 Å². The smallest absolute Gasteiger partial charge is 0.295 e. The van der Waals surface area contributed by atoms with Crippen molar-refractivity contribution in [1.82, 2.24) is 24.8 Å². The first-order valence-electron chi connectivity index (χ1n) is 11.5. The van der Waals surface area contributed by atoms with Crippen LogP contribution in [0.3, 0.4) is 0 Å². The molecule has 42 heavy (non-hydrogen) atoms. The first-order chi connectivity index (χ1) is 19.9. The molecule has 1 saturated heterocycles. The van der Waals surface area contributed by atoms with Gasteiger partial charge in [0, 0.05) is 18.2 Å². The lowest BCUT2D eigenvalue weighted by atomic mass is 10.0. The third-order valence-electron chi connectivity index (χ3n) is 6.05. The van der Waals surface area contributed by atoms with Crippen molar-refractivity contribution >= 4 is 34.3 Å². The van der Waals surface area contributed by atoms with E-state index in [4.69, 9.17) is 10.5 Å². The number of hydrogen-bond acceptors (Lipinski definition) is 17. The minimum Gasteiger partial charge on any atom is -0.382 e. The number of hydrogen-bond donors (Lipinski definition) is 3. The summed E-state index contributed by atoms with van der Waals surface area (Å²) in [4.78, 5) is 76.6. The van der Waals surface area contributed by atoms with Crippen LogP contribution in [0.25, 0.3) is 11.2 Å². The Hall–Kier alpha value is -5.84. The number of ether oxygens (including phenoxy) is 1. The maximum atomic E-state index is 12.8. The quantitative estimate of drug-likeness (QED) is 0.167. The van der Waals surface area contributed by atoms with Gasteiger partial charge in [-0.3, -0.25) is 29.6 Å². The van der Waals surface area contributed by atoms with Crippen LogP contribution in [0.5, 0.6) is 0 Å². The van der Waals surface area contributed by atoms with Gasteiger partial charge in [0.05, 0.1) is 22.2 Å². The Morgan fingerprint density at radius 2 is 1.76 bits per heavy atom. The molecule has 0 aliphatic carbocycles. The number of imidazole rings is 1. The number of carbonyl (C=O) groups is 1. The molecule has 4 rings (SSSR count). The zero-order valence-corrected chi connectivity index (χ0v) is 20.7. The van der Waals surface area contributed by atoms with Crippen molar-refractivity contribution in [1.29, 1.82) is 0 Å². The van der Waals surface area contributed by atoms with Crippen molar-refractivity contribution in [2.45, 2.75) is 37.1 Å². The van der Waals surface area contributed by atoms with Gasteiger partial charge in [0.25, 0.3) is 27.5 Å². The summed E-state index contributed by atoms with van der Waals surface area (Å²) in [7, 11) is 0. The summed E-state index contributed by atoms with van der Waals surface area (Å²) in [5, 5.41) is 55.1. The fourth-order valence-electron chi connectivity index (χ4n) is 4.25. The molecule has 2 aromatic heterocycles. The number of benzene rings is 1. The van der Waals surface area contributed by atoms with E-state index >= 15 is 0 Å². The number of carbonyl (C=O) groups excluding carboxylic acids is 1. The summed E-state index contributed by atoms with van der Waals surface area (Å²) >= 11 is 0. The number of rotatable bonds is 12. The normalized spacial score (nSPS) is 20.5. The molecule has 222 valence electrons. The third-order valence-corrected chi connectivity index (χ3v) is 6.05. The number of aromatic nitrogens is 4. The van der Waals surface area contributed by atoms with E-state index in [0.29, 0.717) is 0 Å². The maximum absolute atomic E-state index is 12.8. The molecule has 1 fully saturated rings. The van der Waals surface area contributed by atoms with Crippen molar-refractivity contribution in [3.05, 3.63) is 76.9 Å². The third kappa shape index (κ3) is 5.85. The highest BCUT2D eigenvalue weighted by molar-refractivity contribution is 5.82. The molecule has 0 spiro atoms. The number of aliphatic hydroxyl groups is 1. The van der Waals surface area contributed by atoms with E-state index < -0.39 is 67.9 Å². The summed E-state index contributed by atoms with van der Waals surface area (Å²) < 4.78 is 6.67. The number of aliphatic hydroxyl groups excluding tert-OH is 1. The van der Waals surface area contributed by atoms with Crippen molar-refractivity contribution in [2.24, 2.45) is 0 Å². The maximum Gasteiger partial charge on any atom is 0.295 e. The number of fused-ring (bicyclic) bond motifs is 1. The Bertz CT molecular complexity index is 1560. The molecule has 5 atom stereocenters. The van der Waals surface area contributed by atoms with Crippen LogP contribution in [-0.2, 0) is 25.6 Å². The van der Waals surface area contributed by atoms with E-state index in [9.17, 15) is 50.4 Å². The zero-order valence-electron chi connectivity index (χ0n) is 20.7. The predicted octanol–water partition coefficient (Wildman–Crippen LogP) is -1.00. The van der Waals surface area contributed by atoms with E-state index in [1.54, 1.807) is 0 Å². The lowest BCUT2D eigenvalue weighted by Crippen LogP contribution is -2.50. The van der Waals surface area contributed by atoms with E-state index in [1.165, 1.54) is 0 Å². The average Bonchev–Trinajstić information content (AvgIpc) is 3.50. The molecule has 3 heterocycles. The lowest BCUT2D eigenvalue weighted by molar-refractivity contribution is -0.798. The van der Waals surface area contributed by atoms with Gasteiger partial charge in [-0.15, -0.1) is 20.2 Å². The van der Waals surface area contributed by atoms with Gasteiger partial charge in [-0.25, -0.2) is 15.0 Å². The van der Waals surface area contributed by atoms with Crippen LogP contribution >= 0.6 is 0 Å². The second-order valence-corrected chi connectivity index (χ2v) is 8.47. The molecule has 1 amide bonds. The standard InChI is InChI=1S/C19H18N10O13/c20-16-11-17(23-6-22-16)25(7-24-11)19-15(42-29(38)39)14(41-28(36)37)13(40-19)12(30)18(31)21-4-3-8-1-2-9(26(32)33)5-10(8)27(34)35/h1-2,5-7,12-15,19,30H,3-4H2,(H,21,31)(H2,20,22,23)/t12?,13-,14-,15-,19-/m1/s1. The number of nitro groups is 2. The van der Waals surface area contributed by atoms with Crippen molar-refractivity contribution in [3.63, 3.8) is 0 Å². The molecular weight excluding hydrogens is 576 g/mol. The highest BCUT2D eigenvalue weighted by Gasteiger charge is 2.54. The van der Waals surface area contributed by atoms with E-state index in [-0.39, 0.29) is 35.5 Å². The van der Waals surface area contributed by atoms with Crippen molar-refractivity contribution in [3.8, 4) is 0 Å². The minimum atomic E-state index is -2.25. The van der Waals surface area contributed by atoms with Gasteiger partial charge in [-0.05, 0) is 12.5 Å². The monoisotopic (exact) mass is 594 g/mol.